The number of esters is 1. The molecule has 2 rings (SSSR count). The van der Waals surface area contributed by atoms with E-state index in [9.17, 15) is 9.59 Å². The number of benzene rings is 2. The molecule has 0 spiro atoms. The first-order valence-corrected chi connectivity index (χ1v) is 8.51. The Balaban J connectivity index is 2.09. The van der Waals surface area contributed by atoms with Crippen LogP contribution in [0, 0.1) is 0 Å². The molecule has 0 aliphatic rings. The van der Waals surface area contributed by atoms with E-state index < -0.39 is 0 Å². The average molecular weight is 339 g/mol. The van der Waals surface area contributed by atoms with E-state index in [1.54, 1.807) is 0 Å². The second kappa shape index (κ2) is 9.74. The predicted octanol–water partition coefficient (Wildman–Crippen LogP) is 3.60. The van der Waals surface area contributed by atoms with Crippen LogP contribution in [0.25, 0.3) is 0 Å². The first-order valence-electron chi connectivity index (χ1n) is 8.51. The van der Waals surface area contributed by atoms with Gasteiger partial charge in [-0.15, -0.1) is 0 Å². The van der Waals surface area contributed by atoms with Gasteiger partial charge in [0.25, 0.3) is 0 Å². The number of ether oxygens (including phenoxy) is 1. The van der Waals surface area contributed by atoms with Crippen molar-refractivity contribution in [3.05, 3.63) is 71.8 Å². The molecule has 0 aliphatic carbocycles. The molecule has 4 nitrogen and oxygen atoms in total. The monoisotopic (exact) mass is 339 g/mol. The van der Waals surface area contributed by atoms with Crippen LogP contribution >= 0.6 is 0 Å². The summed E-state index contributed by atoms with van der Waals surface area (Å²) in [5.41, 5.74) is 2.32. The third-order valence-electron chi connectivity index (χ3n) is 4.27. The molecule has 25 heavy (non-hydrogen) atoms. The molecule has 0 saturated heterocycles. The number of Topliss-reactive ketones (excluding diaryl/α,β-unsaturated/α-hetero) is 1. The maximum absolute atomic E-state index is 12.5. The molecule has 1 atom stereocenters. The molecule has 0 amide bonds. The molecule has 0 saturated carbocycles. The van der Waals surface area contributed by atoms with Crippen LogP contribution in [-0.4, -0.2) is 29.8 Å². The molecule has 2 aromatic rings. The maximum atomic E-state index is 12.5. The number of carbonyl (C=O) groups excluding carboxylic acids is 2. The number of hydrogen-bond donors (Lipinski definition) is 0. The Hall–Kier alpha value is -2.46. The van der Waals surface area contributed by atoms with Crippen LogP contribution in [-0.2, 0) is 27.4 Å². The minimum atomic E-state index is -0.349. The van der Waals surface area contributed by atoms with Gasteiger partial charge in [0.15, 0.2) is 0 Å². The molecule has 0 radical (unpaired) electrons. The Morgan fingerprint density at radius 1 is 0.880 bits per heavy atom. The highest BCUT2D eigenvalue weighted by Gasteiger charge is 2.22. The van der Waals surface area contributed by atoms with Gasteiger partial charge in [-0.25, -0.2) is 0 Å². The molecule has 0 N–H and O–H groups in total. The van der Waals surface area contributed by atoms with Gasteiger partial charge < -0.3 is 4.74 Å². The minimum absolute atomic E-state index is 0.0530. The number of carbonyl (C=O) groups is 2. The number of hydrogen-bond acceptors (Lipinski definition) is 4. The number of ketones is 1. The standard InChI is InChI=1S/C21H25NO3/c1-17(20(23)13-14-21(24)25-2)22(15-18-9-5-3-6-10-18)16-19-11-7-4-8-12-19/h3-12,17H,13-16H2,1-2H3/t17-/m0/s1. The number of rotatable bonds is 9. The molecule has 0 bridgehead atoms. The van der Waals surface area contributed by atoms with Gasteiger partial charge in [0, 0.05) is 19.5 Å². The lowest BCUT2D eigenvalue weighted by Gasteiger charge is -2.28. The summed E-state index contributed by atoms with van der Waals surface area (Å²) in [4.78, 5) is 26.0. The van der Waals surface area contributed by atoms with E-state index in [0.29, 0.717) is 13.1 Å². The van der Waals surface area contributed by atoms with Crippen molar-refractivity contribution in [1.82, 2.24) is 4.90 Å². The summed E-state index contributed by atoms with van der Waals surface area (Å²) >= 11 is 0. The lowest BCUT2D eigenvalue weighted by molar-refractivity contribution is -0.142. The Bertz CT molecular complexity index is 629. The van der Waals surface area contributed by atoms with Gasteiger partial charge in [0.1, 0.15) is 5.78 Å². The fourth-order valence-corrected chi connectivity index (χ4v) is 2.71. The molecule has 2 aromatic carbocycles. The van der Waals surface area contributed by atoms with Crippen LogP contribution in [0.15, 0.2) is 60.7 Å². The van der Waals surface area contributed by atoms with Gasteiger partial charge in [0.05, 0.1) is 19.6 Å². The summed E-state index contributed by atoms with van der Waals surface area (Å²) in [6.07, 6.45) is 0.331. The average Bonchev–Trinajstić information content (AvgIpc) is 2.66. The summed E-state index contributed by atoms with van der Waals surface area (Å²) in [7, 11) is 1.34. The van der Waals surface area contributed by atoms with Crippen LogP contribution in [0.1, 0.15) is 30.9 Å². The van der Waals surface area contributed by atoms with Gasteiger partial charge in [-0.1, -0.05) is 60.7 Å². The van der Waals surface area contributed by atoms with E-state index in [0.717, 1.165) is 11.1 Å². The normalized spacial score (nSPS) is 12.0. The van der Waals surface area contributed by atoms with Gasteiger partial charge in [-0.05, 0) is 18.1 Å². The van der Waals surface area contributed by atoms with Crippen LogP contribution in [0.2, 0.25) is 0 Å². The predicted molar refractivity (Wildman–Crippen MR) is 97.9 cm³/mol. The molecule has 0 aromatic heterocycles. The summed E-state index contributed by atoms with van der Waals surface area (Å²) in [6.45, 7) is 3.27. The van der Waals surface area contributed by atoms with Crippen molar-refractivity contribution in [3.63, 3.8) is 0 Å². The Morgan fingerprint density at radius 2 is 1.36 bits per heavy atom. The second-order valence-electron chi connectivity index (χ2n) is 6.09. The van der Waals surface area contributed by atoms with Crippen LogP contribution in [0.4, 0.5) is 0 Å². The quantitative estimate of drug-likeness (QED) is 0.655. The Morgan fingerprint density at radius 3 is 1.80 bits per heavy atom. The van der Waals surface area contributed by atoms with Crippen LogP contribution < -0.4 is 0 Å². The fraction of sp³-hybridized carbons (Fsp3) is 0.333. The van der Waals surface area contributed by atoms with Gasteiger partial charge >= 0.3 is 5.97 Å². The highest BCUT2D eigenvalue weighted by Crippen LogP contribution is 2.15. The lowest BCUT2D eigenvalue weighted by atomic mass is 10.1. The van der Waals surface area contributed by atoms with E-state index in [1.807, 2.05) is 43.3 Å². The van der Waals surface area contributed by atoms with Gasteiger partial charge in [-0.3, -0.25) is 14.5 Å². The zero-order chi connectivity index (χ0) is 18.1. The third kappa shape index (κ3) is 6.16. The van der Waals surface area contributed by atoms with E-state index in [1.165, 1.54) is 7.11 Å². The largest absolute Gasteiger partial charge is 0.469 e. The third-order valence-corrected chi connectivity index (χ3v) is 4.27. The molecule has 4 heteroatoms. The van der Waals surface area contributed by atoms with Crippen molar-refractivity contribution in [3.8, 4) is 0 Å². The summed E-state index contributed by atoms with van der Waals surface area (Å²) in [6, 6.07) is 19.9. The number of methoxy groups -OCH3 is 1. The van der Waals surface area contributed by atoms with Crippen molar-refractivity contribution < 1.29 is 14.3 Å². The highest BCUT2D eigenvalue weighted by atomic mass is 16.5. The zero-order valence-electron chi connectivity index (χ0n) is 14.9. The van der Waals surface area contributed by atoms with Gasteiger partial charge in [-0.2, -0.15) is 0 Å². The highest BCUT2D eigenvalue weighted by molar-refractivity contribution is 5.86. The summed E-state index contributed by atoms with van der Waals surface area (Å²) in [5, 5.41) is 0. The topological polar surface area (TPSA) is 46.6 Å². The molecule has 0 fully saturated rings. The van der Waals surface area contributed by atoms with E-state index in [2.05, 4.69) is 33.9 Å². The van der Waals surface area contributed by atoms with Crippen molar-refractivity contribution in [2.45, 2.75) is 38.9 Å². The number of nitrogens with zero attached hydrogens (tertiary/aromatic N) is 1. The molecule has 0 heterocycles. The Kier molecular flexibility index (Phi) is 7.36. The van der Waals surface area contributed by atoms with Gasteiger partial charge in [0.2, 0.25) is 0 Å². The zero-order valence-corrected chi connectivity index (χ0v) is 14.9. The van der Waals surface area contributed by atoms with E-state index in [-0.39, 0.29) is 30.6 Å². The molecule has 0 aliphatic heterocycles. The van der Waals surface area contributed by atoms with Crippen molar-refractivity contribution in [1.29, 1.82) is 0 Å². The summed E-state index contributed by atoms with van der Waals surface area (Å²) < 4.78 is 4.63. The van der Waals surface area contributed by atoms with E-state index >= 15 is 0 Å². The van der Waals surface area contributed by atoms with Crippen LogP contribution in [0.3, 0.4) is 0 Å². The Labute approximate surface area is 149 Å². The van der Waals surface area contributed by atoms with E-state index in [4.69, 9.17) is 0 Å². The smallest absolute Gasteiger partial charge is 0.305 e. The molecule has 0 unspecified atom stereocenters. The molecule has 132 valence electrons. The molecular formula is C21H25NO3. The van der Waals surface area contributed by atoms with Crippen molar-refractivity contribution >= 4 is 11.8 Å². The molecular weight excluding hydrogens is 314 g/mol. The SMILES string of the molecule is COC(=O)CCC(=O)[C@H](C)N(Cc1ccccc1)Cc1ccccc1. The van der Waals surface area contributed by atoms with Crippen molar-refractivity contribution in [2.75, 3.05) is 7.11 Å². The second-order valence-corrected chi connectivity index (χ2v) is 6.09. The first-order chi connectivity index (χ1) is 12.1. The maximum Gasteiger partial charge on any atom is 0.305 e. The van der Waals surface area contributed by atoms with Crippen molar-refractivity contribution in [2.24, 2.45) is 0 Å². The lowest BCUT2D eigenvalue weighted by Crippen LogP contribution is -2.38. The first kappa shape index (κ1) is 18.9. The van der Waals surface area contributed by atoms with Crippen LogP contribution in [0.5, 0.6) is 0 Å². The summed E-state index contributed by atoms with van der Waals surface area (Å²) in [5.74, 6) is -0.296. The minimum Gasteiger partial charge on any atom is -0.469 e. The fourth-order valence-electron chi connectivity index (χ4n) is 2.71.